The Kier molecular flexibility index (Phi) is 5.18. The Labute approximate surface area is 130 Å². The van der Waals surface area contributed by atoms with Gasteiger partial charge in [-0.2, -0.15) is 0 Å². The van der Waals surface area contributed by atoms with Crippen LogP contribution in [0.4, 0.5) is 5.69 Å². The highest BCUT2D eigenvalue weighted by Crippen LogP contribution is 2.25. The van der Waals surface area contributed by atoms with Crippen molar-refractivity contribution in [2.75, 3.05) is 6.54 Å². The molecule has 0 spiro atoms. The summed E-state index contributed by atoms with van der Waals surface area (Å²) in [5, 5.41) is 24.7. The zero-order valence-electron chi connectivity index (χ0n) is 11.9. The lowest BCUT2D eigenvalue weighted by molar-refractivity contribution is -0.384. The zero-order chi connectivity index (χ0) is 16.1. The second kappa shape index (κ2) is 7.10. The van der Waals surface area contributed by atoms with Gasteiger partial charge in [0.25, 0.3) is 11.6 Å². The summed E-state index contributed by atoms with van der Waals surface area (Å²) in [6.45, 7) is 2.03. The summed E-state index contributed by atoms with van der Waals surface area (Å²) >= 11 is 1.29. The van der Waals surface area contributed by atoms with Crippen LogP contribution in [0.2, 0.25) is 0 Å². The summed E-state index contributed by atoms with van der Waals surface area (Å²) < 4.78 is 0. The fourth-order valence-corrected chi connectivity index (χ4v) is 2.53. The number of nitrogens with one attached hydrogen (secondary N) is 1. The SMILES string of the molecule is CC(O)CCNC(=O)c1csc(-c2ccc([N+](=O)[O-])cc2)n1. The minimum Gasteiger partial charge on any atom is -0.393 e. The molecule has 1 amide bonds. The van der Waals surface area contributed by atoms with Crippen LogP contribution in [0.5, 0.6) is 0 Å². The Morgan fingerprint density at radius 2 is 2.14 bits per heavy atom. The van der Waals surface area contributed by atoms with Crippen molar-refractivity contribution in [1.82, 2.24) is 10.3 Å². The molecule has 0 aliphatic rings. The van der Waals surface area contributed by atoms with E-state index in [9.17, 15) is 14.9 Å². The van der Waals surface area contributed by atoms with Crippen molar-refractivity contribution in [3.05, 3.63) is 45.5 Å². The molecule has 2 N–H and O–H groups in total. The number of aliphatic hydroxyl groups excluding tert-OH is 1. The van der Waals surface area contributed by atoms with Crippen LogP contribution in [0.25, 0.3) is 10.6 Å². The van der Waals surface area contributed by atoms with Gasteiger partial charge in [-0.25, -0.2) is 4.98 Å². The van der Waals surface area contributed by atoms with Crippen LogP contribution in [-0.2, 0) is 0 Å². The highest BCUT2D eigenvalue weighted by molar-refractivity contribution is 7.13. The molecule has 1 atom stereocenters. The second-order valence-electron chi connectivity index (χ2n) is 4.74. The molecule has 2 rings (SSSR count). The number of carbonyl (C=O) groups excluding carboxylic acids is 1. The Bertz CT molecular complexity index is 667. The van der Waals surface area contributed by atoms with Crippen molar-refractivity contribution in [3.8, 4) is 10.6 Å². The van der Waals surface area contributed by atoms with Crippen molar-refractivity contribution in [1.29, 1.82) is 0 Å². The molecular weight excluding hydrogens is 306 g/mol. The number of benzene rings is 1. The molecule has 7 nitrogen and oxygen atoms in total. The van der Waals surface area contributed by atoms with E-state index in [1.165, 1.54) is 23.5 Å². The van der Waals surface area contributed by atoms with Gasteiger partial charge in [0.05, 0.1) is 11.0 Å². The van der Waals surface area contributed by atoms with E-state index in [4.69, 9.17) is 5.11 Å². The minimum absolute atomic E-state index is 0.0106. The van der Waals surface area contributed by atoms with Gasteiger partial charge in [0.15, 0.2) is 0 Å². The molecular formula is C14H15N3O4S. The normalized spacial score (nSPS) is 11.9. The number of non-ortho nitro benzene ring substituents is 1. The lowest BCUT2D eigenvalue weighted by Crippen LogP contribution is -2.26. The van der Waals surface area contributed by atoms with Crippen LogP contribution in [0.15, 0.2) is 29.6 Å². The van der Waals surface area contributed by atoms with Crippen molar-refractivity contribution in [2.45, 2.75) is 19.4 Å². The Morgan fingerprint density at radius 3 is 2.73 bits per heavy atom. The third kappa shape index (κ3) is 4.09. The van der Waals surface area contributed by atoms with Crippen LogP contribution >= 0.6 is 11.3 Å². The van der Waals surface area contributed by atoms with Gasteiger partial charge < -0.3 is 10.4 Å². The van der Waals surface area contributed by atoms with E-state index in [1.54, 1.807) is 24.4 Å². The molecule has 2 aromatic rings. The van der Waals surface area contributed by atoms with E-state index in [1.807, 2.05) is 0 Å². The zero-order valence-corrected chi connectivity index (χ0v) is 12.7. The number of hydrogen-bond donors (Lipinski definition) is 2. The third-order valence-electron chi connectivity index (χ3n) is 2.91. The summed E-state index contributed by atoms with van der Waals surface area (Å²) in [4.78, 5) is 26.2. The summed E-state index contributed by atoms with van der Waals surface area (Å²) in [6, 6.07) is 6.01. The number of nitro groups is 1. The first kappa shape index (κ1) is 16.1. The number of rotatable bonds is 6. The van der Waals surface area contributed by atoms with E-state index in [-0.39, 0.29) is 11.6 Å². The van der Waals surface area contributed by atoms with E-state index in [2.05, 4.69) is 10.3 Å². The predicted octanol–water partition coefficient (Wildman–Crippen LogP) is 2.22. The fraction of sp³-hybridized carbons (Fsp3) is 0.286. The van der Waals surface area contributed by atoms with E-state index in [0.29, 0.717) is 23.7 Å². The standard InChI is InChI=1S/C14H15N3O4S/c1-9(18)6-7-15-13(19)12-8-22-14(16-12)10-2-4-11(5-3-10)17(20)21/h2-5,8-9,18H,6-7H2,1H3,(H,15,19). The number of nitrogens with zero attached hydrogens (tertiary/aromatic N) is 2. The quantitative estimate of drug-likeness (QED) is 0.627. The van der Waals surface area contributed by atoms with Crippen LogP contribution < -0.4 is 5.32 Å². The molecule has 1 aromatic carbocycles. The monoisotopic (exact) mass is 321 g/mol. The molecule has 0 radical (unpaired) electrons. The molecule has 0 saturated carbocycles. The lowest BCUT2D eigenvalue weighted by Gasteiger charge is -2.04. The van der Waals surface area contributed by atoms with Gasteiger partial charge in [0.2, 0.25) is 0 Å². The van der Waals surface area contributed by atoms with Crippen molar-refractivity contribution in [2.24, 2.45) is 0 Å². The molecule has 116 valence electrons. The van der Waals surface area contributed by atoms with Crippen LogP contribution in [0.1, 0.15) is 23.8 Å². The topological polar surface area (TPSA) is 105 Å². The van der Waals surface area contributed by atoms with Crippen molar-refractivity contribution >= 4 is 22.9 Å². The fourth-order valence-electron chi connectivity index (χ4n) is 1.72. The van der Waals surface area contributed by atoms with Gasteiger partial charge >= 0.3 is 0 Å². The number of aromatic nitrogens is 1. The maximum atomic E-state index is 11.9. The lowest BCUT2D eigenvalue weighted by atomic mass is 10.2. The Balaban J connectivity index is 2.04. The van der Waals surface area contributed by atoms with Crippen LogP contribution in [0, 0.1) is 10.1 Å². The van der Waals surface area contributed by atoms with E-state index >= 15 is 0 Å². The first-order chi connectivity index (χ1) is 10.5. The summed E-state index contributed by atoms with van der Waals surface area (Å²) in [5.74, 6) is -0.301. The minimum atomic E-state index is -0.466. The van der Waals surface area contributed by atoms with Gasteiger partial charge in [-0.05, 0) is 25.5 Å². The van der Waals surface area contributed by atoms with Gasteiger partial charge in [-0.1, -0.05) is 0 Å². The smallest absolute Gasteiger partial charge is 0.270 e. The second-order valence-corrected chi connectivity index (χ2v) is 5.59. The molecule has 0 aliphatic heterocycles. The van der Waals surface area contributed by atoms with Gasteiger partial charge in [0.1, 0.15) is 10.7 Å². The van der Waals surface area contributed by atoms with Gasteiger partial charge in [-0.15, -0.1) is 11.3 Å². The van der Waals surface area contributed by atoms with Gasteiger partial charge in [-0.3, -0.25) is 14.9 Å². The summed E-state index contributed by atoms with van der Waals surface area (Å²) in [7, 11) is 0. The van der Waals surface area contributed by atoms with Gasteiger partial charge in [0, 0.05) is 29.6 Å². The molecule has 0 saturated heterocycles. The third-order valence-corrected chi connectivity index (χ3v) is 3.80. The highest BCUT2D eigenvalue weighted by atomic mass is 32.1. The first-order valence-electron chi connectivity index (χ1n) is 6.64. The van der Waals surface area contributed by atoms with E-state index in [0.717, 1.165) is 5.56 Å². The van der Waals surface area contributed by atoms with Crippen molar-refractivity contribution < 1.29 is 14.8 Å². The molecule has 0 aliphatic carbocycles. The molecule has 1 heterocycles. The summed E-state index contributed by atoms with van der Waals surface area (Å²) in [6.07, 6.45) is 0.0110. The average Bonchev–Trinajstić information content (AvgIpc) is 2.96. The molecule has 1 aromatic heterocycles. The molecule has 1 unspecified atom stereocenters. The number of hydrogen-bond acceptors (Lipinski definition) is 6. The number of aliphatic hydroxyl groups is 1. The molecule has 0 fully saturated rings. The number of carbonyl (C=O) groups is 1. The first-order valence-corrected chi connectivity index (χ1v) is 7.52. The highest BCUT2D eigenvalue weighted by Gasteiger charge is 2.13. The van der Waals surface area contributed by atoms with Crippen LogP contribution in [0.3, 0.4) is 0 Å². The predicted molar refractivity (Wildman–Crippen MR) is 82.8 cm³/mol. The van der Waals surface area contributed by atoms with Crippen molar-refractivity contribution in [3.63, 3.8) is 0 Å². The largest absolute Gasteiger partial charge is 0.393 e. The summed E-state index contributed by atoms with van der Waals surface area (Å²) in [5.41, 5.74) is 1.03. The van der Waals surface area contributed by atoms with Crippen LogP contribution in [-0.4, -0.2) is 33.6 Å². The molecule has 22 heavy (non-hydrogen) atoms. The van der Waals surface area contributed by atoms with E-state index < -0.39 is 11.0 Å². The molecule has 8 heteroatoms. The maximum Gasteiger partial charge on any atom is 0.270 e. The number of thiazole rings is 1. The molecule has 0 bridgehead atoms. The maximum absolute atomic E-state index is 11.9. The number of amides is 1. The Hall–Kier alpha value is -2.32. The number of nitro benzene ring substituents is 1. The average molecular weight is 321 g/mol. The Morgan fingerprint density at radius 1 is 1.45 bits per heavy atom.